The zero-order valence-corrected chi connectivity index (χ0v) is 22.9. The van der Waals surface area contributed by atoms with Gasteiger partial charge in [0.05, 0.1) is 17.8 Å². The lowest BCUT2D eigenvalue weighted by molar-refractivity contribution is 0.479. The molecule has 2 atom stereocenters. The van der Waals surface area contributed by atoms with E-state index in [-0.39, 0.29) is 12.1 Å². The average Bonchev–Trinajstić information content (AvgIpc) is 3.46. The Bertz CT molecular complexity index is 1620. The summed E-state index contributed by atoms with van der Waals surface area (Å²) in [6.07, 6.45) is 3.65. The molecule has 5 aromatic rings. The minimum atomic E-state index is -0.126. The first-order chi connectivity index (χ1) is 19.0. The van der Waals surface area contributed by atoms with E-state index < -0.39 is 0 Å². The Balaban J connectivity index is 1.41. The van der Waals surface area contributed by atoms with Crippen LogP contribution in [0.15, 0.2) is 103 Å². The number of hydrogen-bond acceptors (Lipinski definition) is 4. The van der Waals surface area contributed by atoms with Gasteiger partial charge in [0.15, 0.2) is 5.11 Å². The highest BCUT2D eigenvalue weighted by Crippen LogP contribution is 2.44. The quantitative estimate of drug-likeness (QED) is 0.235. The summed E-state index contributed by atoms with van der Waals surface area (Å²) in [5, 5.41) is 4.22. The van der Waals surface area contributed by atoms with E-state index in [2.05, 4.69) is 51.8 Å². The van der Waals surface area contributed by atoms with Gasteiger partial charge >= 0.3 is 0 Å². The highest BCUT2D eigenvalue weighted by molar-refractivity contribution is 7.80. The predicted molar refractivity (Wildman–Crippen MR) is 159 cm³/mol. The molecule has 0 radical (unpaired) electrons. The number of ether oxygens (including phenoxy) is 1. The maximum absolute atomic E-state index is 6.16. The molecular weight excluding hydrogens is 502 g/mol. The first-order valence-corrected chi connectivity index (χ1v) is 13.4. The van der Waals surface area contributed by atoms with E-state index in [1.165, 1.54) is 5.56 Å². The number of para-hydroxylation sites is 1. The molecule has 1 fully saturated rings. The maximum atomic E-state index is 6.16. The van der Waals surface area contributed by atoms with Gasteiger partial charge in [0, 0.05) is 29.5 Å². The lowest BCUT2D eigenvalue weighted by Gasteiger charge is -2.28. The number of thiocarbonyl (C=S) groups is 1. The summed E-state index contributed by atoms with van der Waals surface area (Å²) in [6.45, 7) is 6.30. The molecule has 4 heterocycles. The van der Waals surface area contributed by atoms with Crippen molar-refractivity contribution in [3.05, 3.63) is 132 Å². The Kier molecular flexibility index (Phi) is 6.59. The van der Waals surface area contributed by atoms with Gasteiger partial charge in [0.1, 0.15) is 17.3 Å². The van der Waals surface area contributed by atoms with E-state index >= 15 is 0 Å². The van der Waals surface area contributed by atoms with Crippen molar-refractivity contribution in [3.8, 4) is 17.3 Å². The minimum absolute atomic E-state index is 0.112. The van der Waals surface area contributed by atoms with Crippen LogP contribution in [-0.2, 0) is 0 Å². The number of hydrogen-bond donors (Lipinski definition) is 1. The molecule has 194 valence electrons. The smallest absolute Gasteiger partial charge is 0.174 e. The number of aromatic nitrogens is 3. The number of nitrogens with zero attached hydrogens (tertiary/aromatic N) is 4. The summed E-state index contributed by atoms with van der Waals surface area (Å²) >= 11 is 5.94. The minimum Gasteiger partial charge on any atom is -0.457 e. The van der Waals surface area contributed by atoms with Crippen LogP contribution < -0.4 is 15.0 Å². The monoisotopic (exact) mass is 531 g/mol. The van der Waals surface area contributed by atoms with Gasteiger partial charge < -0.3 is 19.5 Å². The lowest BCUT2D eigenvalue weighted by Crippen LogP contribution is -2.29. The summed E-state index contributed by atoms with van der Waals surface area (Å²) in [4.78, 5) is 11.5. The molecule has 1 aliphatic rings. The molecule has 2 aromatic carbocycles. The lowest BCUT2D eigenvalue weighted by atomic mass is 9.96. The SMILES string of the molecule is Cc1ccccc1Oc1ccc(N2C(=S)N[C@H](c3ccccn3)[C@H]2c2cc(C)n(-c3ccccn3)c2C)cc1. The van der Waals surface area contributed by atoms with Crippen molar-refractivity contribution < 1.29 is 4.74 Å². The molecule has 6 rings (SSSR count). The highest BCUT2D eigenvalue weighted by Gasteiger charge is 2.42. The Hall–Kier alpha value is -4.49. The molecule has 0 spiro atoms. The Morgan fingerprint density at radius 2 is 1.54 bits per heavy atom. The van der Waals surface area contributed by atoms with Crippen LogP contribution in [0.4, 0.5) is 5.69 Å². The van der Waals surface area contributed by atoms with E-state index in [0.717, 1.165) is 45.6 Å². The summed E-state index contributed by atoms with van der Waals surface area (Å²) in [5.74, 6) is 2.52. The Morgan fingerprint density at radius 1 is 0.821 bits per heavy atom. The largest absolute Gasteiger partial charge is 0.457 e. The molecule has 1 aliphatic heterocycles. The second kappa shape index (κ2) is 10.3. The molecular formula is C32H29N5OS. The number of anilines is 1. The van der Waals surface area contributed by atoms with Gasteiger partial charge in [0.25, 0.3) is 0 Å². The van der Waals surface area contributed by atoms with Gasteiger partial charge in [-0.1, -0.05) is 30.3 Å². The van der Waals surface area contributed by atoms with Gasteiger partial charge in [-0.15, -0.1) is 0 Å². The molecule has 0 saturated carbocycles. The molecule has 0 bridgehead atoms. The van der Waals surface area contributed by atoms with Crippen molar-refractivity contribution in [3.63, 3.8) is 0 Å². The van der Waals surface area contributed by atoms with Crippen LogP contribution in [0.3, 0.4) is 0 Å². The van der Waals surface area contributed by atoms with E-state index in [1.807, 2.05) is 92.1 Å². The summed E-state index contributed by atoms with van der Waals surface area (Å²) in [7, 11) is 0. The van der Waals surface area contributed by atoms with Crippen molar-refractivity contribution in [2.75, 3.05) is 4.90 Å². The summed E-state index contributed by atoms with van der Waals surface area (Å²) < 4.78 is 8.35. The molecule has 6 nitrogen and oxygen atoms in total. The maximum Gasteiger partial charge on any atom is 0.174 e. The molecule has 1 saturated heterocycles. The van der Waals surface area contributed by atoms with Crippen molar-refractivity contribution in [1.82, 2.24) is 19.9 Å². The van der Waals surface area contributed by atoms with Crippen LogP contribution in [0.2, 0.25) is 0 Å². The second-order valence-electron chi connectivity index (χ2n) is 9.71. The normalized spacial score (nSPS) is 16.8. The van der Waals surface area contributed by atoms with Crippen LogP contribution in [0, 0.1) is 20.8 Å². The predicted octanol–water partition coefficient (Wildman–Crippen LogP) is 7.16. The Morgan fingerprint density at radius 3 is 2.23 bits per heavy atom. The first kappa shape index (κ1) is 24.8. The number of nitrogens with one attached hydrogen (secondary N) is 1. The molecule has 1 N–H and O–H groups in total. The van der Waals surface area contributed by atoms with Gasteiger partial charge in [-0.25, -0.2) is 4.98 Å². The second-order valence-corrected chi connectivity index (χ2v) is 10.1. The molecule has 3 aromatic heterocycles. The molecule has 39 heavy (non-hydrogen) atoms. The third-order valence-electron chi connectivity index (χ3n) is 7.20. The van der Waals surface area contributed by atoms with Gasteiger partial charge in [-0.3, -0.25) is 4.98 Å². The van der Waals surface area contributed by atoms with E-state index in [1.54, 1.807) is 0 Å². The van der Waals surface area contributed by atoms with E-state index in [9.17, 15) is 0 Å². The van der Waals surface area contributed by atoms with E-state index in [4.69, 9.17) is 21.9 Å². The Labute approximate surface area is 233 Å². The van der Waals surface area contributed by atoms with Crippen molar-refractivity contribution in [1.29, 1.82) is 0 Å². The number of aryl methyl sites for hydroxylation is 2. The molecule has 7 heteroatoms. The van der Waals surface area contributed by atoms with Gasteiger partial charge in [-0.2, -0.15) is 0 Å². The van der Waals surface area contributed by atoms with Crippen LogP contribution in [0.25, 0.3) is 5.82 Å². The first-order valence-electron chi connectivity index (χ1n) is 13.0. The number of rotatable bonds is 6. The van der Waals surface area contributed by atoms with Crippen molar-refractivity contribution >= 4 is 23.0 Å². The van der Waals surface area contributed by atoms with E-state index in [0.29, 0.717) is 5.11 Å². The zero-order chi connectivity index (χ0) is 26.9. The number of pyridine rings is 2. The summed E-state index contributed by atoms with van der Waals surface area (Å²) in [6, 6.07) is 30.1. The highest BCUT2D eigenvalue weighted by atomic mass is 32.1. The fourth-order valence-electron chi connectivity index (χ4n) is 5.35. The standard InChI is InChI=1S/C32H29N5OS/c1-21-10-4-5-12-28(21)38-25-16-14-24(15-17-25)37-31(30(35-32(37)39)27-11-6-8-18-33-27)26-20-22(2)36(23(26)3)29-13-7-9-19-34-29/h4-20,30-31H,1-3H3,(H,35,39)/t30-,31-/m1/s1. The molecule has 0 amide bonds. The molecule has 0 unspecified atom stereocenters. The van der Waals surface area contributed by atoms with Crippen LogP contribution in [-0.4, -0.2) is 19.6 Å². The average molecular weight is 532 g/mol. The topological polar surface area (TPSA) is 55.2 Å². The van der Waals surface area contributed by atoms with Crippen molar-refractivity contribution in [2.45, 2.75) is 32.9 Å². The fraction of sp³-hybridized carbons (Fsp3) is 0.156. The third kappa shape index (κ3) is 4.66. The number of benzene rings is 2. The van der Waals surface area contributed by atoms with Crippen LogP contribution in [0.1, 0.15) is 40.3 Å². The van der Waals surface area contributed by atoms with Gasteiger partial charge in [0.2, 0.25) is 0 Å². The van der Waals surface area contributed by atoms with Crippen molar-refractivity contribution in [2.24, 2.45) is 0 Å². The summed E-state index contributed by atoms with van der Waals surface area (Å²) in [5.41, 5.74) is 6.41. The van der Waals surface area contributed by atoms with Crippen LogP contribution >= 0.6 is 12.2 Å². The zero-order valence-electron chi connectivity index (χ0n) is 22.1. The van der Waals surface area contributed by atoms with Gasteiger partial charge in [-0.05, 0) is 105 Å². The third-order valence-corrected chi connectivity index (χ3v) is 7.52. The van der Waals surface area contributed by atoms with Crippen LogP contribution in [0.5, 0.6) is 11.5 Å². The fourth-order valence-corrected chi connectivity index (χ4v) is 5.69. The molecule has 0 aliphatic carbocycles.